The van der Waals surface area contributed by atoms with Crippen LogP contribution in [-0.2, 0) is 10.0 Å². The molecule has 0 aliphatic heterocycles. The van der Waals surface area contributed by atoms with Gasteiger partial charge in [-0.05, 0) is 56.7 Å². The number of amides is 1. The molecule has 0 saturated carbocycles. The molecule has 0 aliphatic rings. The number of furan rings is 1. The molecule has 2 atom stereocenters. The molecule has 3 aromatic rings. The quantitative estimate of drug-likeness (QED) is 0.627. The number of carbonyl (C=O) groups excluding carboxylic acids is 1. The summed E-state index contributed by atoms with van der Waals surface area (Å²) in [6.07, 6.45) is 0.694. The molecule has 0 fully saturated rings. The van der Waals surface area contributed by atoms with Gasteiger partial charge in [0, 0.05) is 17.0 Å². The first-order valence-corrected chi connectivity index (χ1v) is 10.7. The minimum Gasteiger partial charge on any atom is -0.459 e. The zero-order valence-corrected chi connectivity index (χ0v) is 16.9. The van der Waals surface area contributed by atoms with E-state index in [1.807, 2.05) is 44.2 Å². The summed E-state index contributed by atoms with van der Waals surface area (Å²) in [5.41, 5.74) is 1.15. The second kappa shape index (κ2) is 8.16. The van der Waals surface area contributed by atoms with E-state index in [2.05, 4.69) is 10.0 Å². The maximum Gasteiger partial charge on any atom is 0.251 e. The summed E-state index contributed by atoms with van der Waals surface area (Å²) in [5.74, 6) is 0.360. The van der Waals surface area contributed by atoms with Crippen molar-refractivity contribution in [3.05, 3.63) is 65.9 Å². The molecule has 28 heavy (non-hydrogen) atoms. The van der Waals surface area contributed by atoms with E-state index < -0.39 is 10.0 Å². The number of benzene rings is 2. The Balaban J connectivity index is 1.70. The molecule has 1 amide bonds. The maximum absolute atomic E-state index is 12.5. The maximum atomic E-state index is 12.5. The monoisotopic (exact) mass is 400 g/mol. The highest BCUT2D eigenvalue weighted by Gasteiger charge is 2.19. The first kappa shape index (κ1) is 20.1. The predicted molar refractivity (Wildman–Crippen MR) is 109 cm³/mol. The van der Waals surface area contributed by atoms with Crippen LogP contribution in [0.15, 0.2) is 63.9 Å². The van der Waals surface area contributed by atoms with Crippen LogP contribution in [0.25, 0.3) is 11.0 Å². The largest absolute Gasteiger partial charge is 0.459 e. The molecule has 6 nitrogen and oxygen atoms in total. The summed E-state index contributed by atoms with van der Waals surface area (Å²) in [6.45, 7) is 5.55. The number of hydrogen-bond acceptors (Lipinski definition) is 4. The fourth-order valence-corrected chi connectivity index (χ4v) is 4.10. The van der Waals surface area contributed by atoms with E-state index in [1.165, 1.54) is 24.3 Å². The number of sulfonamides is 1. The molecule has 2 aromatic carbocycles. The lowest BCUT2D eigenvalue weighted by Crippen LogP contribution is -2.32. The summed E-state index contributed by atoms with van der Waals surface area (Å²) in [5, 5.41) is 3.85. The van der Waals surface area contributed by atoms with Gasteiger partial charge in [-0.3, -0.25) is 4.79 Å². The van der Waals surface area contributed by atoms with Gasteiger partial charge in [-0.1, -0.05) is 25.1 Å². The van der Waals surface area contributed by atoms with Crippen molar-refractivity contribution in [3.63, 3.8) is 0 Å². The molecule has 0 saturated heterocycles. The van der Waals surface area contributed by atoms with Gasteiger partial charge in [-0.2, -0.15) is 0 Å². The molecule has 1 aromatic heterocycles. The van der Waals surface area contributed by atoms with Gasteiger partial charge in [0.25, 0.3) is 5.91 Å². The van der Waals surface area contributed by atoms with Crippen molar-refractivity contribution in [1.29, 1.82) is 0 Å². The molecular weight excluding hydrogens is 376 g/mol. The van der Waals surface area contributed by atoms with Gasteiger partial charge in [0.1, 0.15) is 11.3 Å². The molecule has 0 spiro atoms. The third kappa shape index (κ3) is 4.43. The molecule has 1 heterocycles. The Morgan fingerprint density at radius 1 is 1.07 bits per heavy atom. The van der Waals surface area contributed by atoms with Crippen LogP contribution in [0.1, 0.15) is 49.4 Å². The lowest BCUT2D eigenvalue weighted by Gasteiger charge is -2.13. The van der Waals surface area contributed by atoms with E-state index in [0.717, 1.165) is 11.0 Å². The highest BCUT2D eigenvalue weighted by Crippen LogP contribution is 2.24. The number of para-hydroxylation sites is 1. The minimum absolute atomic E-state index is 0.134. The lowest BCUT2D eigenvalue weighted by molar-refractivity contribution is 0.0935. The van der Waals surface area contributed by atoms with Crippen LogP contribution in [0.3, 0.4) is 0 Å². The van der Waals surface area contributed by atoms with Crippen LogP contribution in [0.5, 0.6) is 0 Å². The normalized spacial score (nSPS) is 14.0. The van der Waals surface area contributed by atoms with E-state index in [9.17, 15) is 13.2 Å². The van der Waals surface area contributed by atoms with Gasteiger partial charge in [0.2, 0.25) is 10.0 Å². The van der Waals surface area contributed by atoms with Gasteiger partial charge in [-0.15, -0.1) is 0 Å². The van der Waals surface area contributed by atoms with Gasteiger partial charge >= 0.3 is 0 Å². The average Bonchev–Trinajstić information content (AvgIpc) is 3.12. The average molecular weight is 401 g/mol. The van der Waals surface area contributed by atoms with Crippen molar-refractivity contribution in [1.82, 2.24) is 10.0 Å². The van der Waals surface area contributed by atoms with Crippen LogP contribution in [0.2, 0.25) is 0 Å². The zero-order valence-electron chi connectivity index (χ0n) is 16.1. The third-order valence-electron chi connectivity index (χ3n) is 4.61. The second-order valence-electron chi connectivity index (χ2n) is 6.84. The third-order valence-corrected chi connectivity index (χ3v) is 6.22. The Hall–Kier alpha value is -2.64. The van der Waals surface area contributed by atoms with Crippen LogP contribution in [0.4, 0.5) is 0 Å². The van der Waals surface area contributed by atoms with Gasteiger partial charge in [0.05, 0.1) is 10.9 Å². The van der Waals surface area contributed by atoms with Crippen LogP contribution in [-0.4, -0.2) is 20.4 Å². The number of carbonyl (C=O) groups is 1. The highest BCUT2D eigenvalue weighted by atomic mass is 32.2. The second-order valence-corrected chi connectivity index (χ2v) is 8.55. The Kier molecular flexibility index (Phi) is 5.86. The first-order chi connectivity index (χ1) is 13.3. The molecule has 148 valence electrons. The Bertz CT molecular complexity index is 1040. The highest BCUT2D eigenvalue weighted by molar-refractivity contribution is 7.89. The van der Waals surface area contributed by atoms with Gasteiger partial charge in [-0.25, -0.2) is 13.1 Å². The van der Waals surface area contributed by atoms with Crippen molar-refractivity contribution in [2.75, 3.05) is 0 Å². The summed E-state index contributed by atoms with van der Waals surface area (Å²) < 4.78 is 33.0. The summed E-state index contributed by atoms with van der Waals surface area (Å²) in [4.78, 5) is 12.6. The Labute approximate surface area is 165 Å². The summed E-state index contributed by atoms with van der Waals surface area (Å²) in [6, 6.07) is 14.9. The van der Waals surface area contributed by atoms with E-state index in [0.29, 0.717) is 17.7 Å². The van der Waals surface area contributed by atoms with Crippen LogP contribution < -0.4 is 10.0 Å². The van der Waals surface area contributed by atoms with Gasteiger partial charge in [0.15, 0.2) is 0 Å². The molecular formula is C21H24N2O4S. The molecule has 0 radical (unpaired) electrons. The minimum atomic E-state index is -3.59. The lowest BCUT2D eigenvalue weighted by atomic mass is 10.1. The number of fused-ring (bicyclic) bond motifs is 1. The van der Waals surface area contributed by atoms with E-state index >= 15 is 0 Å². The van der Waals surface area contributed by atoms with E-state index in [-0.39, 0.29) is 22.9 Å². The van der Waals surface area contributed by atoms with Crippen molar-refractivity contribution < 1.29 is 17.6 Å². The predicted octanol–water partition coefficient (Wildman–Crippen LogP) is 4.00. The topological polar surface area (TPSA) is 88.4 Å². The standard InChI is InChI=1S/C21H24N2O4S/c1-4-14(2)23-28(25,26)18-11-9-16(10-12-18)21(24)22-15(3)20-13-17-7-5-6-8-19(17)27-20/h5-15,23H,4H2,1-3H3,(H,22,24)/t14-,15-/m0/s1. The van der Waals surface area contributed by atoms with Crippen molar-refractivity contribution in [2.45, 2.75) is 44.2 Å². The van der Waals surface area contributed by atoms with E-state index in [1.54, 1.807) is 6.92 Å². The van der Waals surface area contributed by atoms with Crippen molar-refractivity contribution >= 4 is 26.9 Å². The SMILES string of the molecule is CC[C@H](C)NS(=O)(=O)c1ccc(C(=O)N[C@@H](C)c2cc3ccccc3o2)cc1. The zero-order chi connectivity index (χ0) is 20.3. The number of hydrogen-bond donors (Lipinski definition) is 2. The Morgan fingerprint density at radius 2 is 1.75 bits per heavy atom. The van der Waals surface area contributed by atoms with E-state index in [4.69, 9.17) is 4.42 Å². The smallest absolute Gasteiger partial charge is 0.251 e. The number of rotatable bonds is 7. The summed E-state index contributed by atoms with van der Waals surface area (Å²) >= 11 is 0. The van der Waals surface area contributed by atoms with Crippen molar-refractivity contribution in [2.24, 2.45) is 0 Å². The molecule has 2 N–H and O–H groups in total. The van der Waals surface area contributed by atoms with Gasteiger partial charge < -0.3 is 9.73 Å². The number of nitrogens with one attached hydrogen (secondary N) is 2. The summed E-state index contributed by atoms with van der Waals surface area (Å²) in [7, 11) is -3.59. The molecule has 0 aliphatic carbocycles. The van der Waals surface area contributed by atoms with Crippen LogP contribution in [0, 0.1) is 0 Å². The Morgan fingerprint density at radius 3 is 2.39 bits per heavy atom. The fraction of sp³-hybridized carbons (Fsp3) is 0.286. The van der Waals surface area contributed by atoms with Crippen molar-refractivity contribution in [3.8, 4) is 0 Å². The molecule has 0 bridgehead atoms. The first-order valence-electron chi connectivity index (χ1n) is 9.22. The fourth-order valence-electron chi connectivity index (χ4n) is 2.77. The molecule has 7 heteroatoms. The van der Waals surface area contributed by atoms with Crippen LogP contribution >= 0.6 is 0 Å². The molecule has 3 rings (SSSR count). The molecule has 0 unspecified atom stereocenters.